The molecule has 0 radical (unpaired) electrons. The van der Waals surface area contributed by atoms with Crippen molar-refractivity contribution >= 4 is 68.7 Å². The molecular formula is C58H87F6N11O10. The number of carbonyl (C=O) groups is 6. The van der Waals surface area contributed by atoms with Crippen LogP contribution < -0.4 is 57.3 Å². The number of ether oxygens (including phenoxy) is 2. The number of aromatic nitrogens is 2. The Morgan fingerprint density at radius 3 is 1.06 bits per heavy atom. The molecule has 4 aromatic rings. The first-order valence-corrected chi connectivity index (χ1v) is 28.7. The van der Waals surface area contributed by atoms with Crippen LogP contribution in [-0.4, -0.2) is 160 Å². The molecule has 476 valence electrons. The van der Waals surface area contributed by atoms with E-state index in [9.17, 15) is 45.5 Å². The van der Waals surface area contributed by atoms with Crippen molar-refractivity contribution in [1.82, 2.24) is 47.2 Å². The minimum absolute atomic E-state index is 0.0879. The van der Waals surface area contributed by atoms with Gasteiger partial charge in [0.15, 0.2) is 0 Å². The van der Waals surface area contributed by atoms with Crippen molar-refractivity contribution in [2.45, 2.75) is 141 Å². The number of alkyl halides is 6. The molecule has 0 spiro atoms. The number of anilines is 2. The molecule has 85 heavy (non-hydrogen) atoms. The van der Waals surface area contributed by atoms with Crippen molar-refractivity contribution in [2.24, 2.45) is 0 Å². The van der Waals surface area contributed by atoms with Gasteiger partial charge in [0, 0.05) is 99.2 Å². The summed E-state index contributed by atoms with van der Waals surface area (Å²) in [6.45, 7) is 12.3. The molecule has 27 heteroatoms. The van der Waals surface area contributed by atoms with E-state index in [4.69, 9.17) is 29.3 Å². The Hall–Kier alpha value is -7.26. The maximum atomic E-state index is 12.3. The first kappa shape index (κ1) is 73.8. The molecule has 21 nitrogen and oxygen atoms in total. The average molecular weight is 1210 g/mol. The molecule has 0 saturated carbocycles. The fourth-order valence-corrected chi connectivity index (χ4v) is 8.15. The molecule has 2 unspecified atom stereocenters. The van der Waals surface area contributed by atoms with Crippen LogP contribution in [0.4, 0.5) is 37.7 Å². The molecular weight excluding hydrogens is 1120 g/mol. The maximum Gasteiger partial charge on any atom is 0.490 e. The SMILES string of the molecule is COc1cc(NC(C)CCCNC(=O)CCC(=O)NCCCNCCCCCCNCCCCNCCCNC(=O)CCC(=O)NCCCC(C)Nc2cc(OC)cc3cccnc23)c2ncccc2c1.O=C(O)C(F)(F)F.O=C(O)C(F)(F)F. The topological polar surface area (TPSA) is 295 Å². The predicted molar refractivity (Wildman–Crippen MR) is 315 cm³/mol. The third kappa shape index (κ3) is 35.0. The Balaban J connectivity index is 0.00000156. The molecule has 0 bridgehead atoms. The number of rotatable bonds is 40. The van der Waals surface area contributed by atoms with Crippen molar-refractivity contribution in [1.29, 1.82) is 0 Å². The van der Waals surface area contributed by atoms with Crippen molar-refractivity contribution in [2.75, 3.05) is 90.3 Å². The second-order valence-corrected chi connectivity index (χ2v) is 20.0. The van der Waals surface area contributed by atoms with E-state index in [1.165, 1.54) is 19.3 Å². The zero-order valence-corrected chi connectivity index (χ0v) is 49.1. The summed E-state index contributed by atoms with van der Waals surface area (Å²) in [7, 11) is 3.31. The molecule has 0 saturated heterocycles. The summed E-state index contributed by atoms with van der Waals surface area (Å²) in [4.78, 5) is 75.9. The van der Waals surface area contributed by atoms with Gasteiger partial charge >= 0.3 is 24.3 Å². The van der Waals surface area contributed by atoms with E-state index in [1.807, 2.05) is 48.5 Å². The molecule has 4 amide bonds. The van der Waals surface area contributed by atoms with Crippen LogP contribution in [0.2, 0.25) is 0 Å². The van der Waals surface area contributed by atoms with E-state index in [2.05, 4.69) is 71.7 Å². The molecule has 2 atom stereocenters. The minimum atomic E-state index is -5.08. The monoisotopic (exact) mass is 1210 g/mol. The Morgan fingerprint density at radius 1 is 0.459 bits per heavy atom. The van der Waals surface area contributed by atoms with E-state index in [-0.39, 0.29) is 61.4 Å². The third-order valence-electron chi connectivity index (χ3n) is 12.7. The number of halogens is 6. The number of unbranched alkanes of at least 4 members (excludes halogenated alkanes) is 4. The van der Waals surface area contributed by atoms with Crippen molar-refractivity contribution in [3.8, 4) is 11.5 Å². The zero-order chi connectivity index (χ0) is 62.9. The van der Waals surface area contributed by atoms with Crippen molar-refractivity contribution < 1.29 is 74.8 Å². The van der Waals surface area contributed by atoms with Gasteiger partial charge in [-0.1, -0.05) is 25.0 Å². The predicted octanol–water partition coefficient (Wildman–Crippen LogP) is 7.84. The lowest BCUT2D eigenvalue weighted by Gasteiger charge is -2.17. The Morgan fingerprint density at radius 2 is 0.753 bits per heavy atom. The summed E-state index contributed by atoms with van der Waals surface area (Å²) in [5.74, 6) is -4.34. The number of methoxy groups -OCH3 is 2. The second kappa shape index (κ2) is 42.5. The van der Waals surface area contributed by atoms with Gasteiger partial charge in [-0.25, -0.2) is 9.59 Å². The first-order chi connectivity index (χ1) is 40.5. The van der Waals surface area contributed by atoms with Crippen LogP contribution in [0.5, 0.6) is 11.5 Å². The Labute approximate surface area is 493 Å². The first-order valence-electron chi connectivity index (χ1n) is 28.7. The molecule has 2 aromatic heterocycles. The number of nitrogens with zero attached hydrogens (tertiary/aromatic N) is 2. The summed E-state index contributed by atoms with van der Waals surface area (Å²) in [6, 6.07) is 16.1. The van der Waals surface area contributed by atoms with Gasteiger partial charge in [-0.2, -0.15) is 26.3 Å². The van der Waals surface area contributed by atoms with Gasteiger partial charge in [-0.05, 0) is 142 Å². The van der Waals surface area contributed by atoms with Crippen molar-refractivity contribution in [3.63, 3.8) is 0 Å². The number of carboxylic acid groups (broad SMARTS) is 2. The number of fused-ring (bicyclic) bond motifs is 2. The van der Waals surface area contributed by atoms with Gasteiger partial charge in [-0.3, -0.25) is 29.1 Å². The van der Waals surface area contributed by atoms with E-state index in [1.54, 1.807) is 26.6 Å². The Bertz CT molecular complexity index is 2430. The summed E-state index contributed by atoms with van der Waals surface area (Å²) >= 11 is 0. The number of hydrogen-bond acceptors (Lipinski definition) is 15. The highest BCUT2D eigenvalue weighted by Gasteiger charge is 2.39. The standard InChI is InChI=1S/C54H85N11O6.2C2HF3O2/c1-41(64-47-39-45(70-3)37-43-19-13-33-62-53(43)47)17-11-31-58-49(66)21-23-51(68)60-35-15-29-56-26-8-6-5-7-25-55-27-9-10-28-57-30-16-36-61-52(69)24-22-50(67)59-32-12-18-42(2)65-48-40-46(71-4)38-44-20-14-34-63-54(44)48;2*3-2(4,5)1(6)7/h13-14,19-20,33-34,37-42,55-57,64-65H,5-12,15-18,21-32,35-36H2,1-4H3,(H,58,66)(H,59,67)(H,60,68)(H,61,69);2*(H,6,7). The van der Waals surface area contributed by atoms with Gasteiger partial charge in [0.2, 0.25) is 23.6 Å². The summed E-state index contributed by atoms with van der Waals surface area (Å²) < 4.78 is 74.4. The van der Waals surface area contributed by atoms with Crippen LogP contribution in [0.15, 0.2) is 60.9 Å². The van der Waals surface area contributed by atoms with Crippen LogP contribution in [0.3, 0.4) is 0 Å². The number of pyridine rings is 2. The maximum absolute atomic E-state index is 12.3. The highest BCUT2D eigenvalue weighted by Crippen LogP contribution is 2.30. The van der Waals surface area contributed by atoms with Gasteiger partial charge in [0.1, 0.15) is 11.5 Å². The third-order valence-corrected chi connectivity index (χ3v) is 12.7. The lowest BCUT2D eigenvalue weighted by molar-refractivity contribution is -0.193. The van der Waals surface area contributed by atoms with E-state index in [0.717, 1.165) is 142 Å². The molecule has 2 heterocycles. The van der Waals surface area contributed by atoms with Crippen molar-refractivity contribution in [3.05, 3.63) is 60.9 Å². The van der Waals surface area contributed by atoms with Crippen LogP contribution in [0.25, 0.3) is 21.8 Å². The van der Waals surface area contributed by atoms with E-state index in [0.29, 0.717) is 26.2 Å². The van der Waals surface area contributed by atoms with Crippen LogP contribution in [0, 0.1) is 0 Å². The molecule has 11 N–H and O–H groups in total. The van der Waals surface area contributed by atoms with Gasteiger partial charge in [0.25, 0.3) is 0 Å². The molecule has 4 rings (SSSR count). The molecule has 2 aromatic carbocycles. The number of amides is 4. The van der Waals surface area contributed by atoms with E-state index < -0.39 is 24.3 Å². The van der Waals surface area contributed by atoms with Crippen LogP contribution in [0.1, 0.15) is 117 Å². The number of hydrogen-bond donors (Lipinski definition) is 11. The molecule has 0 aliphatic heterocycles. The minimum Gasteiger partial charge on any atom is -0.497 e. The fraction of sp³-hybridized carbons (Fsp3) is 0.586. The van der Waals surface area contributed by atoms with Gasteiger partial charge in [0.05, 0.1) is 36.6 Å². The number of carbonyl (C=O) groups excluding carboxylic acids is 4. The summed E-state index contributed by atoms with van der Waals surface area (Å²) in [5.41, 5.74) is 3.66. The number of nitrogens with one attached hydrogen (secondary N) is 9. The second-order valence-electron chi connectivity index (χ2n) is 20.0. The molecule has 0 fully saturated rings. The summed E-state index contributed by atoms with van der Waals surface area (Å²) in [6.07, 6.45) is 6.21. The number of benzene rings is 2. The largest absolute Gasteiger partial charge is 0.497 e. The quantitative estimate of drug-likeness (QED) is 0.0149. The lowest BCUT2D eigenvalue weighted by Crippen LogP contribution is -2.30. The molecule has 0 aliphatic carbocycles. The summed E-state index contributed by atoms with van der Waals surface area (Å²) in [5, 5.41) is 45.5. The number of carboxylic acids is 2. The van der Waals surface area contributed by atoms with Crippen LogP contribution >= 0.6 is 0 Å². The average Bonchev–Trinajstić information content (AvgIpc) is 3.54. The van der Waals surface area contributed by atoms with E-state index >= 15 is 0 Å². The highest BCUT2D eigenvalue weighted by atomic mass is 19.4. The van der Waals surface area contributed by atoms with Crippen LogP contribution in [-0.2, 0) is 28.8 Å². The zero-order valence-electron chi connectivity index (χ0n) is 49.1. The highest BCUT2D eigenvalue weighted by molar-refractivity contribution is 5.93. The molecule has 0 aliphatic rings. The fourth-order valence-electron chi connectivity index (χ4n) is 8.15. The van der Waals surface area contributed by atoms with Gasteiger partial charge in [-0.15, -0.1) is 0 Å². The lowest BCUT2D eigenvalue weighted by atomic mass is 10.1. The normalized spacial score (nSPS) is 11.9. The Kier molecular flexibility index (Phi) is 36.9. The smallest absolute Gasteiger partial charge is 0.490 e. The van der Waals surface area contributed by atoms with Gasteiger partial charge < -0.3 is 67.5 Å². The number of aliphatic carboxylic acids is 2.